The van der Waals surface area contributed by atoms with Crippen molar-refractivity contribution < 1.29 is 13.2 Å². The summed E-state index contributed by atoms with van der Waals surface area (Å²) in [6.07, 6.45) is 2.12. The highest BCUT2D eigenvalue weighted by Gasteiger charge is 2.34. The van der Waals surface area contributed by atoms with Crippen LogP contribution in [0, 0.1) is 0 Å². The lowest BCUT2D eigenvalue weighted by molar-refractivity contribution is -0.126. The molecule has 1 atom stereocenters. The summed E-state index contributed by atoms with van der Waals surface area (Å²) < 4.78 is 28.3. The molecular formula is C22H27N3O3S. The third kappa shape index (κ3) is 4.37. The molecule has 0 radical (unpaired) electrons. The van der Waals surface area contributed by atoms with Gasteiger partial charge in [0.15, 0.2) is 0 Å². The Morgan fingerprint density at radius 1 is 0.966 bits per heavy atom. The normalized spacial score (nSPS) is 19.6. The Labute approximate surface area is 172 Å². The molecular weight excluding hydrogens is 386 g/mol. The highest BCUT2D eigenvalue weighted by molar-refractivity contribution is 7.89. The zero-order valence-corrected chi connectivity index (χ0v) is 17.4. The summed E-state index contributed by atoms with van der Waals surface area (Å²) in [6.45, 7) is 3.75. The number of sulfonamides is 1. The molecule has 1 aliphatic heterocycles. The van der Waals surface area contributed by atoms with Crippen molar-refractivity contribution in [2.45, 2.75) is 36.7 Å². The summed E-state index contributed by atoms with van der Waals surface area (Å²) in [5.74, 6) is 0.0400. The molecule has 0 spiro atoms. The second-order valence-corrected chi connectivity index (χ2v) is 9.67. The molecule has 0 aromatic heterocycles. The van der Waals surface area contributed by atoms with Gasteiger partial charge in [-0.2, -0.15) is 4.31 Å². The molecule has 2 aromatic carbocycles. The van der Waals surface area contributed by atoms with E-state index >= 15 is 0 Å². The number of hydrogen-bond acceptors (Lipinski definition) is 4. The summed E-state index contributed by atoms with van der Waals surface area (Å²) in [4.78, 5) is 14.7. The standard InChI is InChI=1S/C22H27N3O3S/c1-17(22(26)23-19-11-12-19)24-13-15-25(16-14-24)29(27,28)21-10-6-5-9-20(21)18-7-3-2-4-8-18/h2-10,17,19H,11-16H2,1H3,(H,23,26)/t17-/m0/s1. The topological polar surface area (TPSA) is 69.7 Å². The molecule has 6 nitrogen and oxygen atoms in total. The maximum Gasteiger partial charge on any atom is 0.243 e. The smallest absolute Gasteiger partial charge is 0.243 e. The largest absolute Gasteiger partial charge is 0.352 e. The lowest BCUT2D eigenvalue weighted by Crippen LogP contribution is -2.55. The predicted octanol–water partition coefficient (Wildman–Crippen LogP) is 2.33. The van der Waals surface area contributed by atoms with Crippen LogP contribution in [0.4, 0.5) is 0 Å². The number of nitrogens with zero attached hydrogens (tertiary/aromatic N) is 2. The number of rotatable bonds is 6. The van der Waals surface area contributed by atoms with E-state index in [1.54, 1.807) is 12.1 Å². The summed E-state index contributed by atoms with van der Waals surface area (Å²) in [5.41, 5.74) is 1.60. The van der Waals surface area contributed by atoms with Gasteiger partial charge in [0.2, 0.25) is 15.9 Å². The fraction of sp³-hybridized carbons (Fsp3) is 0.409. The Morgan fingerprint density at radius 2 is 1.59 bits per heavy atom. The van der Waals surface area contributed by atoms with Crippen LogP contribution in [0.15, 0.2) is 59.5 Å². The van der Waals surface area contributed by atoms with Crippen LogP contribution in [-0.2, 0) is 14.8 Å². The van der Waals surface area contributed by atoms with Gasteiger partial charge in [-0.1, -0.05) is 48.5 Å². The molecule has 1 saturated heterocycles. The van der Waals surface area contributed by atoms with Crippen molar-refractivity contribution in [3.8, 4) is 11.1 Å². The van der Waals surface area contributed by atoms with Crippen LogP contribution in [0.3, 0.4) is 0 Å². The highest BCUT2D eigenvalue weighted by atomic mass is 32.2. The van der Waals surface area contributed by atoms with Crippen LogP contribution in [0.1, 0.15) is 19.8 Å². The molecule has 29 heavy (non-hydrogen) atoms. The molecule has 0 unspecified atom stereocenters. The van der Waals surface area contributed by atoms with Crippen molar-refractivity contribution in [3.63, 3.8) is 0 Å². The van der Waals surface area contributed by atoms with E-state index in [0.29, 0.717) is 42.7 Å². The lowest BCUT2D eigenvalue weighted by Gasteiger charge is -2.37. The minimum absolute atomic E-state index is 0.0400. The summed E-state index contributed by atoms with van der Waals surface area (Å²) in [5, 5.41) is 3.03. The van der Waals surface area contributed by atoms with Crippen molar-refractivity contribution >= 4 is 15.9 Å². The van der Waals surface area contributed by atoms with Gasteiger partial charge in [-0.25, -0.2) is 8.42 Å². The van der Waals surface area contributed by atoms with Crippen LogP contribution in [0.25, 0.3) is 11.1 Å². The van der Waals surface area contributed by atoms with Gasteiger partial charge in [-0.15, -0.1) is 0 Å². The van der Waals surface area contributed by atoms with Crippen LogP contribution >= 0.6 is 0 Å². The first-order valence-corrected chi connectivity index (χ1v) is 11.6. The molecule has 1 amide bonds. The molecule has 1 saturated carbocycles. The zero-order valence-electron chi connectivity index (χ0n) is 16.6. The van der Waals surface area contributed by atoms with Crippen molar-refractivity contribution in [2.24, 2.45) is 0 Å². The van der Waals surface area contributed by atoms with Gasteiger partial charge in [-0.3, -0.25) is 9.69 Å². The second kappa shape index (κ2) is 8.26. The molecule has 4 rings (SSSR count). The minimum atomic E-state index is -3.61. The summed E-state index contributed by atoms with van der Waals surface area (Å²) in [7, 11) is -3.61. The van der Waals surface area contributed by atoms with Gasteiger partial charge in [0.1, 0.15) is 0 Å². The highest BCUT2D eigenvalue weighted by Crippen LogP contribution is 2.30. The van der Waals surface area contributed by atoms with Gasteiger partial charge in [0.05, 0.1) is 10.9 Å². The van der Waals surface area contributed by atoms with Gasteiger partial charge in [0, 0.05) is 37.8 Å². The molecule has 7 heteroatoms. The Kier molecular flexibility index (Phi) is 5.72. The fourth-order valence-corrected chi connectivity index (χ4v) is 5.37. The monoisotopic (exact) mass is 413 g/mol. The van der Waals surface area contributed by atoms with E-state index in [4.69, 9.17) is 0 Å². The van der Waals surface area contributed by atoms with Crippen LogP contribution in [-0.4, -0.2) is 61.8 Å². The van der Waals surface area contributed by atoms with Crippen molar-refractivity contribution in [1.29, 1.82) is 0 Å². The Balaban J connectivity index is 1.48. The molecule has 154 valence electrons. The van der Waals surface area contributed by atoms with Gasteiger partial charge in [-0.05, 0) is 31.4 Å². The van der Waals surface area contributed by atoms with Crippen LogP contribution in [0.2, 0.25) is 0 Å². The second-order valence-electron chi connectivity index (χ2n) is 7.76. The van der Waals surface area contributed by atoms with E-state index in [1.165, 1.54) is 4.31 Å². The number of carbonyl (C=O) groups excluding carboxylic acids is 1. The molecule has 1 heterocycles. The third-order valence-corrected chi connectivity index (χ3v) is 7.67. The maximum atomic E-state index is 13.4. The summed E-state index contributed by atoms with van der Waals surface area (Å²) in [6, 6.07) is 16.8. The number of hydrogen-bond donors (Lipinski definition) is 1. The molecule has 2 fully saturated rings. The average molecular weight is 414 g/mol. The average Bonchev–Trinajstić information content (AvgIpc) is 3.58. The van der Waals surface area contributed by atoms with E-state index in [9.17, 15) is 13.2 Å². The van der Waals surface area contributed by atoms with Gasteiger partial charge < -0.3 is 5.32 Å². The Morgan fingerprint density at radius 3 is 2.24 bits per heavy atom. The van der Waals surface area contributed by atoms with Crippen molar-refractivity contribution in [3.05, 3.63) is 54.6 Å². The number of nitrogens with one attached hydrogen (secondary N) is 1. The van der Waals surface area contributed by atoms with Gasteiger partial charge in [0.25, 0.3) is 0 Å². The van der Waals surface area contributed by atoms with Crippen molar-refractivity contribution in [1.82, 2.24) is 14.5 Å². The predicted molar refractivity (Wildman–Crippen MR) is 113 cm³/mol. The van der Waals surface area contributed by atoms with E-state index in [1.807, 2.05) is 49.4 Å². The minimum Gasteiger partial charge on any atom is -0.352 e. The lowest BCUT2D eigenvalue weighted by atomic mass is 10.1. The van der Waals surface area contributed by atoms with E-state index in [2.05, 4.69) is 10.2 Å². The number of amides is 1. The molecule has 2 aliphatic rings. The van der Waals surface area contributed by atoms with E-state index < -0.39 is 10.0 Å². The molecule has 1 aliphatic carbocycles. The quantitative estimate of drug-likeness (QED) is 0.789. The van der Waals surface area contributed by atoms with E-state index in [0.717, 1.165) is 18.4 Å². The molecule has 0 bridgehead atoms. The number of carbonyl (C=O) groups is 1. The maximum absolute atomic E-state index is 13.4. The SMILES string of the molecule is C[C@@H](C(=O)NC1CC1)N1CCN(S(=O)(=O)c2ccccc2-c2ccccc2)CC1. The first-order chi connectivity index (χ1) is 14.0. The third-order valence-electron chi connectivity index (χ3n) is 5.71. The Bertz CT molecular complexity index is 966. The van der Waals surface area contributed by atoms with Crippen LogP contribution in [0.5, 0.6) is 0 Å². The Hall–Kier alpha value is -2.22. The summed E-state index contributed by atoms with van der Waals surface area (Å²) >= 11 is 0. The van der Waals surface area contributed by atoms with Gasteiger partial charge >= 0.3 is 0 Å². The number of benzene rings is 2. The molecule has 2 aromatic rings. The first kappa shape index (κ1) is 20.1. The molecule has 1 N–H and O–H groups in total. The first-order valence-electron chi connectivity index (χ1n) is 10.2. The van der Waals surface area contributed by atoms with E-state index in [-0.39, 0.29) is 11.9 Å². The fourth-order valence-electron chi connectivity index (χ4n) is 3.73. The number of piperazine rings is 1. The van der Waals surface area contributed by atoms with Crippen LogP contribution < -0.4 is 5.32 Å². The van der Waals surface area contributed by atoms with Crippen molar-refractivity contribution in [2.75, 3.05) is 26.2 Å². The zero-order chi connectivity index (χ0) is 20.4.